The van der Waals surface area contributed by atoms with Crippen molar-refractivity contribution in [1.82, 2.24) is 0 Å². The van der Waals surface area contributed by atoms with Crippen LogP contribution in [0.5, 0.6) is 5.75 Å². The summed E-state index contributed by atoms with van der Waals surface area (Å²) < 4.78 is 16.1. The van der Waals surface area contributed by atoms with Gasteiger partial charge in [-0.3, -0.25) is 0 Å². The van der Waals surface area contributed by atoms with Crippen molar-refractivity contribution in [2.75, 3.05) is 20.3 Å². The Balaban J connectivity index is 1.95. The number of benzene rings is 2. The molecule has 138 valence electrons. The van der Waals surface area contributed by atoms with Gasteiger partial charge in [-0.05, 0) is 65.8 Å². The second kappa shape index (κ2) is 7.50. The molecule has 26 heavy (non-hydrogen) atoms. The topological polar surface area (TPSA) is 48.1 Å². The van der Waals surface area contributed by atoms with Gasteiger partial charge in [-0.15, -0.1) is 0 Å². The second-order valence-electron chi connectivity index (χ2n) is 7.15. The Bertz CT molecular complexity index is 796. The normalized spacial score (nSPS) is 15.8. The number of esters is 1. The molecular weight excluding hydrogens is 328 g/mol. The molecule has 0 saturated carbocycles. The van der Waals surface area contributed by atoms with Crippen molar-refractivity contribution >= 4 is 5.97 Å². The Kier molecular flexibility index (Phi) is 5.33. The van der Waals surface area contributed by atoms with Crippen molar-refractivity contribution in [2.45, 2.75) is 39.7 Å². The summed E-state index contributed by atoms with van der Waals surface area (Å²) in [6, 6.07) is 10.2. The maximum atomic E-state index is 12.0. The molecule has 0 amide bonds. The summed E-state index contributed by atoms with van der Waals surface area (Å²) in [6.07, 6.45) is 0.243. The zero-order valence-electron chi connectivity index (χ0n) is 16.1. The van der Waals surface area contributed by atoms with Crippen LogP contribution >= 0.6 is 0 Å². The van der Waals surface area contributed by atoms with E-state index in [0.29, 0.717) is 12.2 Å². The first-order chi connectivity index (χ1) is 12.4. The van der Waals surface area contributed by atoms with Gasteiger partial charge >= 0.3 is 5.97 Å². The number of rotatable bonds is 6. The molecule has 1 saturated heterocycles. The predicted octanol–water partition coefficient (Wildman–Crippen LogP) is 4.66. The van der Waals surface area contributed by atoms with Crippen LogP contribution in [-0.2, 0) is 9.47 Å². The molecule has 1 aliphatic rings. The standard InChI is InChI=1S/C22H26O4/c1-13(2)20-10-16(6-7-19(20)22(23)24-5)17-8-14(3)21(15(4)9-17)26-12-18-11-25-18/h6-10,13,18H,11-12H2,1-5H3. The van der Waals surface area contributed by atoms with E-state index in [1.54, 1.807) is 0 Å². The van der Waals surface area contributed by atoms with Crippen molar-refractivity contribution in [3.8, 4) is 16.9 Å². The van der Waals surface area contributed by atoms with E-state index in [1.165, 1.54) is 7.11 Å². The minimum absolute atomic E-state index is 0.229. The van der Waals surface area contributed by atoms with E-state index >= 15 is 0 Å². The van der Waals surface area contributed by atoms with E-state index in [-0.39, 0.29) is 18.0 Å². The van der Waals surface area contributed by atoms with Crippen LogP contribution in [0, 0.1) is 13.8 Å². The molecule has 2 aromatic rings. The first kappa shape index (κ1) is 18.5. The van der Waals surface area contributed by atoms with Gasteiger partial charge in [0.05, 0.1) is 19.3 Å². The van der Waals surface area contributed by atoms with Crippen molar-refractivity contribution in [1.29, 1.82) is 0 Å². The average molecular weight is 354 g/mol. The lowest BCUT2D eigenvalue weighted by molar-refractivity contribution is 0.0599. The quantitative estimate of drug-likeness (QED) is 0.559. The van der Waals surface area contributed by atoms with Crippen LogP contribution in [0.25, 0.3) is 11.1 Å². The maximum Gasteiger partial charge on any atom is 0.338 e. The first-order valence-corrected chi connectivity index (χ1v) is 8.99. The lowest BCUT2D eigenvalue weighted by Gasteiger charge is -2.16. The van der Waals surface area contributed by atoms with Gasteiger partial charge in [-0.25, -0.2) is 4.79 Å². The summed E-state index contributed by atoms with van der Waals surface area (Å²) in [7, 11) is 1.42. The Morgan fingerprint density at radius 1 is 1.15 bits per heavy atom. The van der Waals surface area contributed by atoms with Crippen LogP contribution in [0.1, 0.15) is 46.8 Å². The molecule has 1 atom stereocenters. The highest BCUT2D eigenvalue weighted by Crippen LogP contribution is 2.33. The highest BCUT2D eigenvalue weighted by atomic mass is 16.6. The predicted molar refractivity (Wildman–Crippen MR) is 102 cm³/mol. The molecule has 4 nitrogen and oxygen atoms in total. The van der Waals surface area contributed by atoms with Crippen molar-refractivity contribution in [3.63, 3.8) is 0 Å². The van der Waals surface area contributed by atoms with Gasteiger partial charge in [0, 0.05) is 0 Å². The van der Waals surface area contributed by atoms with Gasteiger partial charge in [0.1, 0.15) is 18.5 Å². The summed E-state index contributed by atoms with van der Waals surface area (Å²) in [5, 5.41) is 0. The molecule has 1 fully saturated rings. The molecule has 1 unspecified atom stereocenters. The molecule has 4 heteroatoms. The number of hydrogen-bond donors (Lipinski definition) is 0. The van der Waals surface area contributed by atoms with Crippen LogP contribution in [0.4, 0.5) is 0 Å². The summed E-state index contributed by atoms with van der Waals surface area (Å²) in [4.78, 5) is 12.0. The average Bonchev–Trinajstić information content (AvgIpc) is 3.44. The lowest BCUT2D eigenvalue weighted by atomic mass is 9.91. The fourth-order valence-corrected chi connectivity index (χ4v) is 3.20. The van der Waals surface area contributed by atoms with Crippen LogP contribution in [-0.4, -0.2) is 32.4 Å². The van der Waals surface area contributed by atoms with E-state index in [9.17, 15) is 4.79 Å². The van der Waals surface area contributed by atoms with Crippen LogP contribution in [0.2, 0.25) is 0 Å². The molecule has 1 heterocycles. The zero-order valence-corrected chi connectivity index (χ0v) is 16.1. The Labute approximate surface area is 155 Å². The summed E-state index contributed by atoms with van der Waals surface area (Å²) >= 11 is 0. The third-order valence-corrected chi connectivity index (χ3v) is 4.69. The molecule has 1 aliphatic heterocycles. The second-order valence-corrected chi connectivity index (χ2v) is 7.15. The molecule has 0 bridgehead atoms. The lowest BCUT2D eigenvalue weighted by Crippen LogP contribution is -2.07. The Morgan fingerprint density at radius 3 is 2.35 bits per heavy atom. The number of carbonyl (C=O) groups is 1. The number of epoxide rings is 1. The highest BCUT2D eigenvalue weighted by Gasteiger charge is 2.24. The largest absolute Gasteiger partial charge is 0.490 e. The fraction of sp³-hybridized carbons (Fsp3) is 0.409. The van der Waals surface area contributed by atoms with Crippen LogP contribution < -0.4 is 4.74 Å². The van der Waals surface area contributed by atoms with E-state index in [2.05, 4.69) is 45.9 Å². The molecule has 3 rings (SSSR count). The molecule has 0 aliphatic carbocycles. The Hall–Kier alpha value is -2.33. The van der Waals surface area contributed by atoms with Crippen LogP contribution in [0.3, 0.4) is 0 Å². The third-order valence-electron chi connectivity index (χ3n) is 4.69. The molecule has 0 N–H and O–H groups in total. The van der Waals surface area contributed by atoms with E-state index in [1.807, 2.05) is 12.1 Å². The van der Waals surface area contributed by atoms with Crippen LogP contribution in [0.15, 0.2) is 30.3 Å². The number of methoxy groups -OCH3 is 1. The smallest absolute Gasteiger partial charge is 0.338 e. The maximum absolute atomic E-state index is 12.0. The third kappa shape index (κ3) is 3.91. The summed E-state index contributed by atoms with van der Waals surface area (Å²) in [5.74, 6) is 0.866. The van der Waals surface area contributed by atoms with E-state index in [0.717, 1.165) is 40.2 Å². The SMILES string of the molecule is COC(=O)c1ccc(-c2cc(C)c(OCC3CO3)c(C)c2)cc1C(C)C. The van der Waals surface area contributed by atoms with Gasteiger partial charge in [0.2, 0.25) is 0 Å². The van der Waals surface area contributed by atoms with Gasteiger partial charge in [-0.2, -0.15) is 0 Å². The molecule has 2 aromatic carbocycles. The van der Waals surface area contributed by atoms with Gasteiger partial charge in [-0.1, -0.05) is 26.0 Å². The number of aryl methyl sites for hydroxylation is 2. The monoisotopic (exact) mass is 354 g/mol. The Morgan fingerprint density at radius 2 is 1.81 bits per heavy atom. The number of carbonyl (C=O) groups excluding carboxylic acids is 1. The molecule has 0 spiro atoms. The van der Waals surface area contributed by atoms with Crippen molar-refractivity contribution in [2.24, 2.45) is 0 Å². The minimum atomic E-state index is -0.293. The van der Waals surface area contributed by atoms with Gasteiger partial charge < -0.3 is 14.2 Å². The van der Waals surface area contributed by atoms with Gasteiger partial charge in [0.15, 0.2) is 0 Å². The molecular formula is C22H26O4. The van der Waals surface area contributed by atoms with Crippen molar-refractivity contribution in [3.05, 3.63) is 52.6 Å². The van der Waals surface area contributed by atoms with E-state index < -0.39 is 0 Å². The fourth-order valence-electron chi connectivity index (χ4n) is 3.20. The van der Waals surface area contributed by atoms with Gasteiger partial charge in [0.25, 0.3) is 0 Å². The van der Waals surface area contributed by atoms with Crippen molar-refractivity contribution < 1.29 is 19.0 Å². The molecule has 0 radical (unpaired) electrons. The van der Waals surface area contributed by atoms with E-state index in [4.69, 9.17) is 14.2 Å². The minimum Gasteiger partial charge on any atom is -0.490 e. The number of hydrogen-bond acceptors (Lipinski definition) is 4. The summed E-state index contributed by atoms with van der Waals surface area (Å²) in [6.45, 7) is 9.68. The molecule has 0 aromatic heterocycles. The summed E-state index contributed by atoms with van der Waals surface area (Å²) in [5.41, 5.74) is 6.03. The first-order valence-electron chi connectivity index (χ1n) is 8.99. The highest BCUT2D eigenvalue weighted by molar-refractivity contribution is 5.92. The zero-order chi connectivity index (χ0) is 18.8. The number of ether oxygens (including phenoxy) is 3.